The molecule has 0 aromatic heterocycles. The number of ether oxygens (including phenoxy) is 2. The first kappa shape index (κ1) is 18.5. The number of hydrogen-bond donors (Lipinski definition) is 4. The summed E-state index contributed by atoms with van der Waals surface area (Å²) in [6.07, 6.45) is -1.85. The largest absolute Gasteiger partial charge is 0.497 e. The molecule has 0 aliphatic carbocycles. The number of rotatable bonds is 9. The summed E-state index contributed by atoms with van der Waals surface area (Å²) >= 11 is 0. The third-order valence-corrected chi connectivity index (χ3v) is 3.08. The molecule has 1 aromatic rings. The molecule has 124 valence electrons. The summed E-state index contributed by atoms with van der Waals surface area (Å²) in [5.41, 5.74) is 0.765. The molecule has 7 nitrogen and oxygen atoms in total. The monoisotopic (exact) mass is 313 g/mol. The van der Waals surface area contributed by atoms with Gasteiger partial charge in [0.05, 0.1) is 26.4 Å². The van der Waals surface area contributed by atoms with Crippen LogP contribution in [0.5, 0.6) is 5.75 Å². The Morgan fingerprint density at radius 3 is 2.23 bits per heavy atom. The van der Waals surface area contributed by atoms with Crippen molar-refractivity contribution in [2.45, 2.75) is 31.5 Å². The second-order valence-corrected chi connectivity index (χ2v) is 4.79. The van der Waals surface area contributed by atoms with E-state index in [4.69, 9.17) is 14.6 Å². The smallest absolute Gasteiger partial charge is 0.179 e. The first-order chi connectivity index (χ1) is 10.5. The zero-order valence-electron chi connectivity index (χ0n) is 12.7. The number of methoxy groups -OCH3 is 1. The van der Waals surface area contributed by atoms with Crippen molar-refractivity contribution in [3.63, 3.8) is 0 Å². The van der Waals surface area contributed by atoms with Crippen LogP contribution in [-0.4, -0.2) is 71.5 Å². The van der Waals surface area contributed by atoms with E-state index in [9.17, 15) is 15.3 Å². The van der Waals surface area contributed by atoms with Gasteiger partial charge < -0.3 is 29.9 Å². The highest BCUT2D eigenvalue weighted by atomic mass is 16.6. The van der Waals surface area contributed by atoms with Crippen molar-refractivity contribution < 1.29 is 29.9 Å². The standard InChI is InChI=1S/C15H23NO6/c1-10(19)14(9-18)22-15(20)13(8-17)16-7-11-3-5-12(21-2)6-4-11/h3-7,10,13-15,17-20H,8-9H2,1-2H3/t10-,13-,14?,15?/m0/s1. The highest BCUT2D eigenvalue weighted by molar-refractivity contribution is 5.79. The van der Waals surface area contributed by atoms with Crippen LogP contribution in [0.15, 0.2) is 29.3 Å². The molecule has 0 fully saturated rings. The molecule has 1 rings (SSSR count). The maximum absolute atomic E-state index is 9.88. The van der Waals surface area contributed by atoms with E-state index in [2.05, 4.69) is 4.99 Å². The third-order valence-electron chi connectivity index (χ3n) is 3.08. The molecule has 4 N–H and O–H groups in total. The van der Waals surface area contributed by atoms with Crippen LogP contribution in [0.3, 0.4) is 0 Å². The lowest BCUT2D eigenvalue weighted by Crippen LogP contribution is -2.40. The van der Waals surface area contributed by atoms with Crippen LogP contribution in [0, 0.1) is 0 Å². The highest BCUT2D eigenvalue weighted by Crippen LogP contribution is 2.11. The lowest BCUT2D eigenvalue weighted by atomic mass is 10.2. The van der Waals surface area contributed by atoms with E-state index < -0.39 is 37.8 Å². The fraction of sp³-hybridized carbons (Fsp3) is 0.533. The van der Waals surface area contributed by atoms with E-state index in [-0.39, 0.29) is 0 Å². The fourth-order valence-electron chi connectivity index (χ4n) is 1.66. The summed E-state index contributed by atoms with van der Waals surface area (Å²) in [7, 11) is 1.57. The number of nitrogens with zero attached hydrogens (tertiary/aromatic N) is 1. The Kier molecular flexibility index (Phi) is 8.00. The lowest BCUT2D eigenvalue weighted by Gasteiger charge is -2.24. The van der Waals surface area contributed by atoms with Gasteiger partial charge in [-0.15, -0.1) is 0 Å². The van der Waals surface area contributed by atoms with E-state index >= 15 is 0 Å². The number of aliphatic imine (C=N–C) groups is 1. The van der Waals surface area contributed by atoms with Crippen molar-refractivity contribution in [3.05, 3.63) is 29.8 Å². The maximum atomic E-state index is 9.88. The molecule has 0 aliphatic heterocycles. The van der Waals surface area contributed by atoms with Crippen LogP contribution < -0.4 is 4.74 Å². The lowest BCUT2D eigenvalue weighted by molar-refractivity contribution is -0.184. The SMILES string of the molecule is COc1ccc(C=N[C@@H](CO)C(O)OC(CO)[C@H](C)O)cc1. The Morgan fingerprint density at radius 1 is 1.14 bits per heavy atom. The van der Waals surface area contributed by atoms with Gasteiger partial charge in [0, 0.05) is 6.21 Å². The molecule has 0 heterocycles. The van der Waals surface area contributed by atoms with Gasteiger partial charge in [0.1, 0.15) is 17.9 Å². The maximum Gasteiger partial charge on any atom is 0.179 e. The van der Waals surface area contributed by atoms with Gasteiger partial charge in [-0.25, -0.2) is 0 Å². The molecule has 4 atom stereocenters. The zero-order valence-corrected chi connectivity index (χ0v) is 12.7. The number of benzene rings is 1. The quantitative estimate of drug-likeness (QED) is 0.363. The minimum Gasteiger partial charge on any atom is -0.497 e. The number of aliphatic hydroxyl groups is 4. The molecule has 22 heavy (non-hydrogen) atoms. The second-order valence-electron chi connectivity index (χ2n) is 4.79. The average Bonchev–Trinajstić information content (AvgIpc) is 2.53. The first-order valence-corrected chi connectivity index (χ1v) is 6.92. The minimum atomic E-state index is -1.44. The van der Waals surface area contributed by atoms with Crippen molar-refractivity contribution in [3.8, 4) is 5.75 Å². The summed E-state index contributed by atoms with van der Waals surface area (Å²) in [5, 5.41) is 37.6. The second kappa shape index (κ2) is 9.50. The number of hydrogen-bond acceptors (Lipinski definition) is 7. The molecule has 0 radical (unpaired) electrons. The molecular formula is C15H23NO6. The summed E-state index contributed by atoms with van der Waals surface area (Å²) in [6.45, 7) is 0.545. The number of aliphatic hydroxyl groups excluding tert-OH is 4. The topological polar surface area (TPSA) is 112 Å². The van der Waals surface area contributed by atoms with Crippen LogP contribution in [-0.2, 0) is 4.74 Å². The Balaban J connectivity index is 2.67. The average molecular weight is 313 g/mol. The predicted molar refractivity (Wildman–Crippen MR) is 81.1 cm³/mol. The van der Waals surface area contributed by atoms with Gasteiger partial charge >= 0.3 is 0 Å². The molecular weight excluding hydrogens is 290 g/mol. The van der Waals surface area contributed by atoms with Crippen LogP contribution >= 0.6 is 0 Å². The highest BCUT2D eigenvalue weighted by Gasteiger charge is 2.24. The van der Waals surface area contributed by atoms with Gasteiger partial charge in [0.25, 0.3) is 0 Å². The minimum absolute atomic E-state index is 0.439. The molecule has 0 saturated carbocycles. The van der Waals surface area contributed by atoms with Gasteiger partial charge in [-0.2, -0.15) is 0 Å². The summed E-state index contributed by atoms with van der Waals surface area (Å²) in [4.78, 5) is 4.06. The van der Waals surface area contributed by atoms with Gasteiger partial charge in [-0.3, -0.25) is 4.99 Å². The summed E-state index contributed by atoms with van der Waals surface area (Å²) in [5.74, 6) is 0.710. The zero-order chi connectivity index (χ0) is 16.5. The molecule has 0 amide bonds. The third kappa shape index (κ3) is 5.70. The van der Waals surface area contributed by atoms with Crippen molar-refractivity contribution in [1.82, 2.24) is 0 Å². The van der Waals surface area contributed by atoms with E-state index in [0.717, 1.165) is 5.56 Å². The Morgan fingerprint density at radius 2 is 1.77 bits per heavy atom. The van der Waals surface area contributed by atoms with Crippen LogP contribution in [0.25, 0.3) is 0 Å². The van der Waals surface area contributed by atoms with Gasteiger partial charge in [-0.1, -0.05) is 0 Å². The molecule has 7 heteroatoms. The van der Waals surface area contributed by atoms with E-state index in [1.165, 1.54) is 13.1 Å². The first-order valence-electron chi connectivity index (χ1n) is 6.92. The van der Waals surface area contributed by atoms with Gasteiger partial charge in [0.15, 0.2) is 6.29 Å². The normalized spacial score (nSPS) is 17.2. The summed E-state index contributed by atoms with van der Waals surface area (Å²) < 4.78 is 10.1. The van der Waals surface area contributed by atoms with Gasteiger partial charge in [0.2, 0.25) is 0 Å². The molecule has 1 aromatic carbocycles. The molecule has 0 saturated heterocycles. The Labute approximate surface area is 129 Å². The van der Waals surface area contributed by atoms with Crippen LogP contribution in [0.2, 0.25) is 0 Å². The van der Waals surface area contributed by atoms with E-state index in [0.29, 0.717) is 5.75 Å². The van der Waals surface area contributed by atoms with Crippen molar-refractivity contribution in [1.29, 1.82) is 0 Å². The molecule has 0 spiro atoms. The van der Waals surface area contributed by atoms with Crippen molar-refractivity contribution in [2.75, 3.05) is 20.3 Å². The molecule has 0 bridgehead atoms. The predicted octanol–water partition coefficient (Wildman–Crippen LogP) is -0.448. The molecule has 2 unspecified atom stereocenters. The van der Waals surface area contributed by atoms with Gasteiger partial charge in [-0.05, 0) is 36.8 Å². The summed E-state index contributed by atoms with van der Waals surface area (Å²) in [6, 6.07) is 6.15. The van der Waals surface area contributed by atoms with Crippen molar-refractivity contribution >= 4 is 6.21 Å². The van der Waals surface area contributed by atoms with E-state index in [1.54, 1.807) is 31.4 Å². The van der Waals surface area contributed by atoms with Crippen LogP contribution in [0.1, 0.15) is 12.5 Å². The Bertz CT molecular complexity index is 448. The van der Waals surface area contributed by atoms with Crippen molar-refractivity contribution in [2.24, 2.45) is 4.99 Å². The van der Waals surface area contributed by atoms with E-state index in [1.807, 2.05) is 0 Å². The fourth-order valence-corrected chi connectivity index (χ4v) is 1.66. The van der Waals surface area contributed by atoms with Crippen LogP contribution in [0.4, 0.5) is 0 Å². The molecule has 0 aliphatic rings. The Hall–Kier alpha value is -1.51.